The predicted molar refractivity (Wildman–Crippen MR) is 82.1 cm³/mol. The summed E-state index contributed by atoms with van der Waals surface area (Å²) in [5.41, 5.74) is 0.546. The molecule has 1 aliphatic heterocycles. The highest BCUT2D eigenvalue weighted by Crippen LogP contribution is 2.22. The van der Waals surface area contributed by atoms with E-state index in [0.717, 1.165) is 17.2 Å². The molecule has 0 unspecified atom stereocenters. The molecule has 1 aromatic carbocycles. The van der Waals surface area contributed by atoms with Gasteiger partial charge in [0.15, 0.2) is 11.6 Å². The van der Waals surface area contributed by atoms with Crippen molar-refractivity contribution < 1.29 is 9.53 Å². The number of benzene rings is 1. The first kappa shape index (κ1) is 14.6. The normalized spacial score (nSPS) is 14.6. The highest BCUT2D eigenvalue weighted by molar-refractivity contribution is 5.68. The Labute approximate surface area is 129 Å². The molecule has 0 aliphatic carbocycles. The van der Waals surface area contributed by atoms with Crippen LogP contribution in [0.3, 0.4) is 0 Å². The van der Waals surface area contributed by atoms with Crippen molar-refractivity contribution in [3.05, 3.63) is 36.2 Å². The minimum absolute atomic E-state index is 0.303. The van der Waals surface area contributed by atoms with Gasteiger partial charge in [0.25, 0.3) is 0 Å². The zero-order valence-electron chi connectivity index (χ0n) is 13.1. The van der Waals surface area contributed by atoms with Gasteiger partial charge in [-0.15, -0.1) is 10.2 Å². The number of aromatic nitrogens is 3. The fraction of sp³-hybridized carbons (Fsp3) is 0.438. The Hall–Kier alpha value is -2.37. The molecule has 3 rings (SSSR count). The van der Waals surface area contributed by atoms with Crippen molar-refractivity contribution in [3.63, 3.8) is 0 Å². The van der Waals surface area contributed by atoms with Gasteiger partial charge in [-0.05, 0) is 20.8 Å². The van der Waals surface area contributed by atoms with Crippen LogP contribution in [0.1, 0.15) is 26.6 Å². The monoisotopic (exact) mass is 300 g/mol. The molecular weight excluding hydrogens is 280 g/mol. The van der Waals surface area contributed by atoms with E-state index in [2.05, 4.69) is 14.8 Å². The minimum atomic E-state index is -0.489. The van der Waals surface area contributed by atoms with E-state index < -0.39 is 5.60 Å². The fourth-order valence-electron chi connectivity index (χ4n) is 2.44. The molecule has 0 fully saturated rings. The van der Waals surface area contributed by atoms with Gasteiger partial charge < -0.3 is 9.30 Å². The molecule has 1 aromatic heterocycles. The van der Waals surface area contributed by atoms with Crippen molar-refractivity contribution in [2.24, 2.45) is 0 Å². The van der Waals surface area contributed by atoms with E-state index in [0.29, 0.717) is 19.6 Å². The Bertz CT molecular complexity index is 673. The first-order chi connectivity index (χ1) is 10.4. The SMILES string of the molecule is CC(C)(C)OC(=O)N1CCn2c(nnc2-c2ccccc2)C1. The Morgan fingerprint density at radius 1 is 1.14 bits per heavy atom. The minimum Gasteiger partial charge on any atom is -0.444 e. The highest BCUT2D eigenvalue weighted by Gasteiger charge is 2.28. The molecule has 22 heavy (non-hydrogen) atoms. The number of carbonyl (C=O) groups excluding carboxylic acids is 1. The summed E-state index contributed by atoms with van der Waals surface area (Å²) in [6.07, 6.45) is -0.303. The maximum absolute atomic E-state index is 12.1. The molecule has 0 saturated heterocycles. The third kappa shape index (κ3) is 2.95. The molecule has 6 nitrogen and oxygen atoms in total. The zero-order valence-corrected chi connectivity index (χ0v) is 13.1. The molecule has 116 valence electrons. The van der Waals surface area contributed by atoms with Crippen molar-refractivity contribution in [2.45, 2.75) is 39.5 Å². The lowest BCUT2D eigenvalue weighted by atomic mass is 10.2. The summed E-state index contributed by atoms with van der Waals surface area (Å²) >= 11 is 0. The second-order valence-corrected chi connectivity index (χ2v) is 6.36. The van der Waals surface area contributed by atoms with E-state index in [9.17, 15) is 4.79 Å². The Balaban J connectivity index is 1.78. The van der Waals surface area contributed by atoms with E-state index in [1.54, 1.807) is 4.90 Å². The molecule has 0 bridgehead atoms. The summed E-state index contributed by atoms with van der Waals surface area (Å²) in [7, 11) is 0. The second-order valence-electron chi connectivity index (χ2n) is 6.36. The van der Waals surface area contributed by atoms with Gasteiger partial charge in [0.1, 0.15) is 5.60 Å². The third-order valence-electron chi connectivity index (χ3n) is 3.44. The maximum atomic E-state index is 12.1. The van der Waals surface area contributed by atoms with E-state index in [-0.39, 0.29) is 6.09 Å². The molecule has 2 aromatic rings. The van der Waals surface area contributed by atoms with Gasteiger partial charge in [-0.25, -0.2) is 4.79 Å². The van der Waals surface area contributed by atoms with Crippen LogP contribution in [0.5, 0.6) is 0 Å². The van der Waals surface area contributed by atoms with Crippen molar-refractivity contribution in [3.8, 4) is 11.4 Å². The third-order valence-corrected chi connectivity index (χ3v) is 3.44. The van der Waals surface area contributed by atoms with Gasteiger partial charge in [-0.3, -0.25) is 4.90 Å². The lowest BCUT2D eigenvalue weighted by Crippen LogP contribution is -2.41. The molecule has 0 saturated carbocycles. The van der Waals surface area contributed by atoms with Gasteiger partial charge in [-0.1, -0.05) is 30.3 Å². The first-order valence-corrected chi connectivity index (χ1v) is 7.39. The lowest BCUT2D eigenvalue weighted by molar-refractivity contribution is 0.0196. The Morgan fingerprint density at radius 2 is 1.86 bits per heavy atom. The molecular formula is C16H20N4O2. The van der Waals surface area contributed by atoms with Crippen molar-refractivity contribution in [1.29, 1.82) is 0 Å². The van der Waals surface area contributed by atoms with E-state index in [1.165, 1.54) is 0 Å². The van der Waals surface area contributed by atoms with Gasteiger partial charge in [-0.2, -0.15) is 0 Å². The molecule has 0 radical (unpaired) electrons. The zero-order chi connectivity index (χ0) is 15.7. The van der Waals surface area contributed by atoms with Crippen LogP contribution in [-0.4, -0.2) is 37.9 Å². The average Bonchev–Trinajstić information content (AvgIpc) is 2.89. The number of hydrogen-bond donors (Lipinski definition) is 0. The van der Waals surface area contributed by atoms with Gasteiger partial charge in [0.05, 0.1) is 6.54 Å². The van der Waals surface area contributed by atoms with Crippen LogP contribution < -0.4 is 0 Å². The molecule has 0 N–H and O–H groups in total. The van der Waals surface area contributed by atoms with Crippen molar-refractivity contribution in [2.75, 3.05) is 6.54 Å². The van der Waals surface area contributed by atoms with Crippen LogP contribution in [0.4, 0.5) is 4.79 Å². The summed E-state index contributed by atoms with van der Waals surface area (Å²) in [5, 5.41) is 8.50. The van der Waals surface area contributed by atoms with Gasteiger partial charge in [0.2, 0.25) is 0 Å². The summed E-state index contributed by atoms with van der Waals surface area (Å²) in [5.74, 6) is 1.63. The van der Waals surface area contributed by atoms with Crippen molar-refractivity contribution >= 4 is 6.09 Å². The van der Waals surface area contributed by atoms with E-state index in [1.807, 2.05) is 51.1 Å². The second kappa shape index (κ2) is 5.44. The standard InChI is InChI=1S/C16H20N4O2/c1-16(2,3)22-15(21)19-9-10-20-13(11-19)17-18-14(20)12-7-5-4-6-8-12/h4-8H,9-11H2,1-3H3. The number of amides is 1. The molecule has 1 amide bonds. The number of rotatable bonds is 1. The number of carbonyl (C=O) groups is 1. The predicted octanol–water partition coefficient (Wildman–Crippen LogP) is 2.70. The van der Waals surface area contributed by atoms with Crippen LogP contribution in [0, 0.1) is 0 Å². The van der Waals surface area contributed by atoms with Crippen molar-refractivity contribution in [1.82, 2.24) is 19.7 Å². The number of nitrogens with zero attached hydrogens (tertiary/aromatic N) is 4. The summed E-state index contributed by atoms with van der Waals surface area (Å²) in [4.78, 5) is 13.8. The highest BCUT2D eigenvalue weighted by atomic mass is 16.6. The molecule has 6 heteroatoms. The molecule has 0 spiro atoms. The summed E-state index contributed by atoms with van der Waals surface area (Å²) in [6.45, 7) is 7.29. The number of fused-ring (bicyclic) bond motifs is 1. The van der Waals surface area contributed by atoms with Gasteiger partial charge in [0, 0.05) is 18.7 Å². The van der Waals surface area contributed by atoms with Crippen LogP contribution in [0.25, 0.3) is 11.4 Å². The van der Waals surface area contributed by atoms with E-state index >= 15 is 0 Å². The first-order valence-electron chi connectivity index (χ1n) is 7.39. The molecule has 2 heterocycles. The maximum Gasteiger partial charge on any atom is 0.410 e. The molecule has 1 aliphatic rings. The number of ether oxygens (including phenoxy) is 1. The van der Waals surface area contributed by atoms with Crippen LogP contribution in [-0.2, 0) is 17.8 Å². The largest absolute Gasteiger partial charge is 0.444 e. The van der Waals surface area contributed by atoms with Crippen LogP contribution in [0.2, 0.25) is 0 Å². The summed E-state index contributed by atoms with van der Waals surface area (Å²) < 4.78 is 7.48. The smallest absolute Gasteiger partial charge is 0.410 e. The van der Waals surface area contributed by atoms with Gasteiger partial charge >= 0.3 is 6.09 Å². The Kier molecular flexibility index (Phi) is 3.60. The quantitative estimate of drug-likeness (QED) is 0.812. The van der Waals surface area contributed by atoms with Crippen LogP contribution in [0.15, 0.2) is 30.3 Å². The summed E-state index contributed by atoms with van der Waals surface area (Å²) in [6, 6.07) is 9.95. The molecule has 0 atom stereocenters. The topological polar surface area (TPSA) is 60.2 Å². The average molecular weight is 300 g/mol. The van der Waals surface area contributed by atoms with Crippen LogP contribution >= 0.6 is 0 Å². The fourth-order valence-corrected chi connectivity index (χ4v) is 2.44. The number of hydrogen-bond acceptors (Lipinski definition) is 4. The van der Waals surface area contributed by atoms with E-state index in [4.69, 9.17) is 4.74 Å². The Morgan fingerprint density at radius 3 is 2.55 bits per heavy atom. The lowest BCUT2D eigenvalue weighted by Gasteiger charge is -2.30.